The minimum Gasteiger partial charge on any atom is -0.349 e. The van der Waals surface area contributed by atoms with Gasteiger partial charge in [0.1, 0.15) is 0 Å². The summed E-state index contributed by atoms with van der Waals surface area (Å²) in [6.07, 6.45) is -2.82. The predicted molar refractivity (Wildman–Crippen MR) is 69.3 cm³/mol. The molecular formula is C13H15F3N4O. The fourth-order valence-corrected chi connectivity index (χ4v) is 1.75. The van der Waals surface area contributed by atoms with Gasteiger partial charge in [0.15, 0.2) is 11.5 Å². The molecule has 0 saturated heterocycles. The molecule has 0 bridgehead atoms. The van der Waals surface area contributed by atoms with Gasteiger partial charge in [-0.3, -0.25) is 9.20 Å². The van der Waals surface area contributed by atoms with E-state index in [1.54, 1.807) is 6.92 Å². The van der Waals surface area contributed by atoms with Gasteiger partial charge in [-0.25, -0.2) is 0 Å². The Labute approximate surface area is 119 Å². The van der Waals surface area contributed by atoms with E-state index in [1.165, 1.54) is 10.5 Å². The third-order valence-electron chi connectivity index (χ3n) is 3.28. The van der Waals surface area contributed by atoms with Crippen LogP contribution in [0.4, 0.5) is 13.2 Å². The van der Waals surface area contributed by atoms with E-state index in [-0.39, 0.29) is 24.2 Å². The van der Waals surface area contributed by atoms with Gasteiger partial charge in [-0.2, -0.15) is 13.2 Å². The lowest BCUT2D eigenvalue weighted by molar-refractivity contribution is -0.137. The number of alkyl halides is 3. The third-order valence-corrected chi connectivity index (χ3v) is 3.28. The van der Waals surface area contributed by atoms with Crippen molar-refractivity contribution in [3.8, 4) is 0 Å². The normalized spacial score (nSPS) is 13.4. The summed E-state index contributed by atoms with van der Waals surface area (Å²) in [5.41, 5.74) is -0.486. The molecule has 0 aliphatic carbocycles. The number of nitrogens with zero attached hydrogens (tertiary/aromatic N) is 3. The Bertz CT molecular complexity index is 650. The van der Waals surface area contributed by atoms with Crippen LogP contribution < -0.4 is 5.32 Å². The van der Waals surface area contributed by atoms with Crippen LogP contribution in [0.1, 0.15) is 31.7 Å². The standard InChI is InChI=1S/C13H15F3N4O/c1-3-8(2)12(21)17-6-11-19-18-10-5-4-9(7-20(10)11)13(14,15)16/h4-5,7-8H,3,6H2,1-2H3,(H,17,21)/t8-/m1/s1. The van der Waals surface area contributed by atoms with Crippen LogP contribution in [-0.2, 0) is 17.5 Å². The van der Waals surface area contributed by atoms with Gasteiger partial charge in [0.2, 0.25) is 5.91 Å². The lowest BCUT2D eigenvalue weighted by atomic mass is 10.1. The maximum Gasteiger partial charge on any atom is 0.417 e. The first-order valence-electron chi connectivity index (χ1n) is 6.51. The summed E-state index contributed by atoms with van der Waals surface area (Å²) in [4.78, 5) is 11.7. The molecule has 8 heteroatoms. The first kappa shape index (κ1) is 15.3. The van der Waals surface area contributed by atoms with E-state index < -0.39 is 11.7 Å². The van der Waals surface area contributed by atoms with E-state index in [9.17, 15) is 18.0 Å². The molecular weight excluding hydrogens is 285 g/mol. The molecule has 5 nitrogen and oxygen atoms in total. The molecule has 1 atom stereocenters. The fraction of sp³-hybridized carbons (Fsp3) is 0.462. The second-order valence-corrected chi connectivity index (χ2v) is 4.79. The molecule has 0 unspecified atom stereocenters. The smallest absolute Gasteiger partial charge is 0.349 e. The number of hydrogen-bond donors (Lipinski definition) is 1. The summed E-state index contributed by atoms with van der Waals surface area (Å²) in [6.45, 7) is 3.69. The predicted octanol–water partition coefficient (Wildman–Crippen LogP) is 2.41. The van der Waals surface area contributed by atoms with Gasteiger partial charge in [0.05, 0.1) is 12.1 Å². The second-order valence-electron chi connectivity index (χ2n) is 4.79. The minimum atomic E-state index is -4.43. The molecule has 1 N–H and O–H groups in total. The molecule has 2 heterocycles. The van der Waals surface area contributed by atoms with E-state index in [0.717, 1.165) is 12.3 Å². The number of hydrogen-bond acceptors (Lipinski definition) is 3. The zero-order valence-corrected chi connectivity index (χ0v) is 11.6. The number of pyridine rings is 1. The third kappa shape index (κ3) is 3.32. The Morgan fingerprint density at radius 2 is 2.10 bits per heavy atom. The first-order chi connectivity index (χ1) is 9.82. The number of halogens is 3. The monoisotopic (exact) mass is 300 g/mol. The molecule has 114 valence electrons. The van der Waals surface area contributed by atoms with Crippen LogP contribution in [0.25, 0.3) is 5.65 Å². The van der Waals surface area contributed by atoms with Crippen LogP contribution in [0.15, 0.2) is 18.3 Å². The van der Waals surface area contributed by atoms with Gasteiger partial charge in [-0.05, 0) is 18.6 Å². The minimum absolute atomic E-state index is 0.0334. The number of rotatable bonds is 4. The Balaban J connectivity index is 2.22. The van der Waals surface area contributed by atoms with Crippen molar-refractivity contribution >= 4 is 11.6 Å². The fourth-order valence-electron chi connectivity index (χ4n) is 1.75. The highest BCUT2D eigenvalue weighted by Gasteiger charge is 2.31. The van der Waals surface area contributed by atoms with Crippen molar-refractivity contribution < 1.29 is 18.0 Å². The van der Waals surface area contributed by atoms with Gasteiger partial charge in [0.25, 0.3) is 0 Å². The highest BCUT2D eigenvalue weighted by Crippen LogP contribution is 2.29. The SMILES string of the molecule is CC[C@@H](C)C(=O)NCc1nnc2ccc(C(F)(F)F)cn12. The van der Waals surface area contributed by atoms with E-state index in [1.807, 2.05) is 6.92 Å². The number of nitrogens with one attached hydrogen (secondary N) is 1. The van der Waals surface area contributed by atoms with Crippen LogP contribution in [0.3, 0.4) is 0 Å². The number of fused-ring (bicyclic) bond motifs is 1. The topological polar surface area (TPSA) is 59.3 Å². The molecule has 2 rings (SSSR count). The maximum absolute atomic E-state index is 12.7. The Morgan fingerprint density at radius 1 is 1.38 bits per heavy atom. The average molecular weight is 300 g/mol. The molecule has 0 saturated carbocycles. The van der Waals surface area contributed by atoms with Crippen molar-refractivity contribution in [1.29, 1.82) is 0 Å². The molecule has 0 aliphatic heterocycles. The summed E-state index contributed by atoms with van der Waals surface area (Å²) in [5.74, 6) is -0.0658. The number of carbonyl (C=O) groups excluding carboxylic acids is 1. The Morgan fingerprint density at radius 3 is 2.71 bits per heavy atom. The number of carbonyl (C=O) groups is 1. The number of aromatic nitrogens is 3. The zero-order valence-electron chi connectivity index (χ0n) is 11.6. The summed E-state index contributed by atoms with van der Waals surface area (Å²) in [6, 6.07) is 2.20. The molecule has 2 aromatic rings. The summed E-state index contributed by atoms with van der Waals surface area (Å²) >= 11 is 0. The molecule has 1 amide bonds. The van der Waals surface area contributed by atoms with Crippen LogP contribution in [0.2, 0.25) is 0 Å². The van der Waals surface area contributed by atoms with Crippen molar-refractivity contribution in [2.75, 3.05) is 0 Å². The van der Waals surface area contributed by atoms with E-state index in [2.05, 4.69) is 15.5 Å². The van der Waals surface area contributed by atoms with Gasteiger partial charge in [0, 0.05) is 12.1 Å². The lowest BCUT2D eigenvalue weighted by Crippen LogP contribution is -2.29. The van der Waals surface area contributed by atoms with E-state index >= 15 is 0 Å². The van der Waals surface area contributed by atoms with Crippen LogP contribution >= 0.6 is 0 Å². The molecule has 0 aliphatic rings. The summed E-state index contributed by atoms with van der Waals surface area (Å²) in [5, 5.41) is 10.2. The Kier molecular flexibility index (Phi) is 4.15. The first-order valence-corrected chi connectivity index (χ1v) is 6.51. The van der Waals surface area contributed by atoms with Gasteiger partial charge < -0.3 is 5.32 Å². The lowest BCUT2D eigenvalue weighted by Gasteiger charge is -2.10. The van der Waals surface area contributed by atoms with Gasteiger partial charge in [-0.1, -0.05) is 13.8 Å². The molecule has 0 aromatic carbocycles. The summed E-state index contributed by atoms with van der Waals surface area (Å²) in [7, 11) is 0. The highest BCUT2D eigenvalue weighted by atomic mass is 19.4. The summed E-state index contributed by atoms with van der Waals surface area (Å²) < 4.78 is 39.3. The van der Waals surface area contributed by atoms with Crippen molar-refractivity contribution in [3.05, 3.63) is 29.7 Å². The molecule has 0 radical (unpaired) electrons. The Hall–Kier alpha value is -2.12. The molecule has 21 heavy (non-hydrogen) atoms. The van der Waals surface area contributed by atoms with Crippen molar-refractivity contribution in [3.63, 3.8) is 0 Å². The molecule has 0 spiro atoms. The number of amides is 1. The van der Waals surface area contributed by atoms with Crippen LogP contribution in [-0.4, -0.2) is 20.5 Å². The van der Waals surface area contributed by atoms with Crippen molar-refractivity contribution in [2.24, 2.45) is 5.92 Å². The molecule has 0 fully saturated rings. The van der Waals surface area contributed by atoms with E-state index in [4.69, 9.17) is 0 Å². The highest BCUT2D eigenvalue weighted by molar-refractivity contribution is 5.78. The van der Waals surface area contributed by atoms with Gasteiger partial charge >= 0.3 is 6.18 Å². The molecule has 2 aromatic heterocycles. The van der Waals surface area contributed by atoms with Crippen molar-refractivity contribution in [2.45, 2.75) is 33.0 Å². The van der Waals surface area contributed by atoms with Gasteiger partial charge in [-0.15, -0.1) is 10.2 Å². The quantitative estimate of drug-likeness (QED) is 0.943. The zero-order chi connectivity index (χ0) is 15.6. The van der Waals surface area contributed by atoms with Crippen molar-refractivity contribution in [1.82, 2.24) is 19.9 Å². The van der Waals surface area contributed by atoms with Crippen LogP contribution in [0.5, 0.6) is 0 Å². The second kappa shape index (κ2) is 5.71. The maximum atomic E-state index is 12.7. The van der Waals surface area contributed by atoms with E-state index in [0.29, 0.717) is 12.1 Å². The largest absolute Gasteiger partial charge is 0.417 e. The average Bonchev–Trinajstić information content (AvgIpc) is 2.85. The van der Waals surface area contributed by atoms with Crippen LogP contribution in [0, 0.1) is 5.92 Å².